The molecule has 2 aromatic rings. The van der Waals surface area contributed by atoms with Gasteiger partial charge in [-0.15, -0.1) is 0 Å². The number of ether oxygens (including phenoxy) is 1. The van der Waals surface area contributed by atoms with Crippen LogP contribution in [-0.2, 0) is 22.6 Å². The molecule has 0 unspecified atom stereocenters. The lowest BCUT2D eigenvalue weighted by Crippen LogP contribution is -2.38. The van der Waals surface area contributed by atoms with Gasteiger partial charge >= 0.3 is 0 Å². The van der Waals surface area contributed by atoms with Gasteiger partial charge in [-0.05, 0) is 60.4 Å². The Morgan fingerprint density at radius 2 is 1.96 bits per heavy atom. The highest BCUT2D eigenvalue weighted by molar-refractivity contribution is 6.31. The van der Waals surface area contributed by atoms with E-state index in [2.05, 4.69) is 5.32 Å². The molecule has 2 amide bonds. The van der Waals surface area contributed by atoms with E-state index in [1.165, 1.54) is 5.56 Å². The quantitative estimate of drug-likeness (QED) is 0.817. The third-order valence-corrected chi connectivity index (χ3v) is 5.23. The first kappa shape index (κ1) is 20.2. The van der Waals surface area contributed by atoms with E-state index in [0.29, 0.717) is 23.0 Å². The lowest BCUT2D eigenvalue weighted by atomic mass is 9.98. The molecule has 28 heavy (non-hydrogen) atoms. The summed E-state index contributed by atoms with van der Waals surface area (Å²) in [6.07, 6.45) is 0.834. The number of nitrogens with one attached hydrogen (secondary N) is 1. The molecule has 1 aliphatic heterocycles. The van der Waals surface area contributed by atoms with Crippen molar-refractivity contribution in [3.8, 4) is 5.75 Å². The molecule has 0 aliphatic carbocycles. The third-order valence-electron chi connectivity index (χ3n) is 4.81. The zero-order valence-corrected chi connectivity index (χ0v) is 17.2. The molecule has 0 aromatic heterocycles. The number of anilines is 1. The topological polar surface area (TPSA) is 58.6 Å². The molecule has 1 N–H and O–H groups in total. The van der Waals surface area contributed by atoms with Gasteiger partial charge in [-0.25, -0.2) is 0 Å². The maximum atomic E-state index is 12.3. The first-order valence-electron chi connectivity index (χ1n) is 9.43. The molecule has 1 aliphatic rings. The van der Waals surface area contributed by atoms with Crippen molar-refractivity contribution in [1.29, 1.82) is 0 Å². The molecule has 3 rings (SSSR count). The number of rotatable bonds is 5. The Balaban J connectivity index is 1.60. The van der Waals surface area contributed by atoms with E-state index >= 15 is 0 Å². The predicted octanol–water partition coefficient (Wildman–Crippen LogP) is 4.21. The van der Waals surface area contributed by atoms with Crippen LogP contribution in [0.2, 0.25) is 5.02 Å². The van der Waals surface area contributed by atoms with Gasteiger partial charge in [0.2, 0.25) is 5.91 Å². The Morgan fingerprint density at radius 1 is 1.18 bits per heavy atom. The molecule has 1 heterocycles. The molecule has 5 nitrogen and oxygen atoms in total. The summed E-state index contributed by atoms with van der Waals surface area (Å²) >= 11 is 6.00. The van der Waals surface area contributed by atoms with Crippen LogP contribution in [0.15, 0.2) is 36.4 Å². The number of hydrogen-bond donors (Lipinski definition) is 1. The van der Waals surface area contributed by atoms with Gasteiger partial charge < -0.3 is 15.0 Å². The first-order valence-corrected chi connectivity index (χ1v) is 9.80. The molecular weight excluding hydrogens is 376 g/mol. The molecule has 0 atom stereocenters. The molecule has 0 radical (unpaired) electrons. The maximum absolute atomic E-state index is 12.3. The highest BCUT2D eigenvalue weighted by Crippen LogP contribution is 2.24. The summed E-state index contributed by atoms with van der Waals surface area (Å²) in [5, 5.41) is 3.52. The number of fused-ring (bicyclic) bond motifs is 1. The zero-order chi connectivity index (χ0) is 20.3. The fourth-order valence-corrected chi connectivity index (χ4v) is 3.36. The number of halogens is 1. The SMILES string of the molecule is Cc1cc(OCC(=O)Nc2ccc3c(c2)CN(C(=O)C(C)C)CC3)ccc1Cl. The number of carbonyl (C=O) groups excluding carboxylic acids is 2. The summed E-state index contributed by atoms with van der Waals surface area (Å²) in [7, 11) is 0. The van der Waals surface area contributed by atoms with Crippen molar-refractivity contribution >= 4 is 29.1 Å². The Labute approximate surface area is 170 Å². The van der Waals surface area contributed by atoms with Crippen molar-refractivity contribution in [2.45, 2.75) is 33.7 Å². The highest BCUT2D eigenvalue weighted by Gasteiger charge is 2.22. The molecule has 0 bridgehead atoms. The van der Waals surface area contributed by atoms with Crippen LogP contribution in [0.25, 0.3) is 0 Å². The van der Waals surface area contributed by atoms with Gasteiger partial charge in [0.25, 0.3) is 5.91 Å². The molecule has 0 spiro atoms. The standard InChI is InChI=1S/C22H25ClN2O3/c1-14(2)22(27)25-9-8-16-4-5-18(11-17(16)12-25)24-21(26)13-28-19-6-7-20(23)15(3)10-19/h4-7,10-11,14H,8-9,12-13H2,1-3H3,(H,24,26). The summed E-state index contributed by atoms with van der Waals surface area (Å²) in [5.74, 6) is 0.508. The summed E-state index contributed by atoms with van der Waals surface area (Å²) in [6.45, 7) is 6.94. The van der Waals surface area contributed by atoms with Crippen molar-refractivity contribution in [3.05, 3.63) is 58.1 Å². The smallest absolute Gasteiger partial charge is 0.262 e. The number of carbonyl (C=O) groups is 2. The Kier molecular flexibility index (Phi) is 6.25. The van der Waals surface area contributed by atoms with E-state index < -0.39 is 0 Å². The summed E-state index contributed by atoms with van der Waals surface area (Å²) in [5.41, 5.74) is 3.90. The average Bonchev–Trinajstić information content (AvgIpc) is 2.67. The van der Waals surface area contributed by atoms with Gasteiger partial charge in [-0.3, -0.25) is 9.59 Å². The first-order chi connectivity index (χ1) is 13.3. The Morgan fingerprint density at radius 3 is 2.68 bits per heavy atom. The lowest BCUT2D eigenvalue weighted by molar-refractivity contribution is -0.135. The second kappa shape index (κ2) is 8.65. The highest BCUT2D eigenvalue weighted by atomic mass is 35.5. The Bertz CT molecular complexity index is 895. The van der Waals surface area contributed by atoms with Crippen LogP contribution in [0.5, 0.6) is 5.75 Å². The van der Waals surface area contributed by atoms with Crippen LogP contribution in [0.1, 0.15) is 30.5 Å². The second-order valence-corrected chi connectivity index (χ2v) is 7.80. The van der Waals surface area contributed by atoms with Crippen LogP contribution in [-0.4, -0.2) is 29.9 Å². The number of hydrogen-bond acceptors (Lipinski definition) is 3. The molecule has 0 fully saturated rings. The normalized spacial score (nSPS) is 13.2. The summed E-state index contributed by atoms with van der Waals surface area (Å²) < 4.78 is 5.54. The van der Waals surface area contributed by atoms with Gasteiger partial charge in [0.05, 0.1) is 0 Å². The number of benzene rings is 2. The van der Waals surface area contributed by atoms with E-state index in [4.69, 9.17) is 16.3 Å². The van der Waals surface area contributed by atoms with Crippen molar-refractivity contribution in [1.82, 2.24) is 4.90 Å². The molecule has 0 saturated heterocycles. The van der Waals surface area contributed by atoms with Gasteiger partial charge in [0.15, 0.2) is 6.61 Å². The van der Waals surface area contributed by atoms with Gasteiger partial charge in [0.1, 0.15) is 5.75 Å². The monoisotopic (exact) mass is 400 g/mol. The Hall–Kier alpha value is -2.53. The van der Waals surface area contributed by atoms with Crippen LogP contribution in [0, 0.1) is 12.8 Å². The largest absolute Gasteiger partial charge is 0.484 e. The van der Waals surface area contributed by atoms with E-state index in [0.717, 1.165) is 24.1 Å². The lowest BCUT2D eigenvalue weighted by Gasteiger charge is -2.30. The van der Waals surface area contributed by atoms with E-state index in [-0.39, 0.29) is 24.3 Å². The molecule has 0 saturated carbocycles. The van der Waals surface area contributed by atoms with Crippen molar-refractivity contribution in [2.24, 2.45) is 5.92 Å². The summed E-state index contributed by atoms with van der Waals surface area (Å²) in [6, 6.07) is 11.1. The molecule has 148 valence electrons. The van der Waals surface area contributed by atoms with E-state index in [9.17, 15) is 9.59 Å². The van der Waals surface area contributed by atoms with Gasteiger partial charge in [-0.2, -0.15) is 0 Å². The fourth-order valence-electron chi connectivity index (χ4n) is 3.24. The van der Waals surface area contributed by atoms with Crippen LogP contribution in [0.3, 0.4) is 0 Å². The van der Waals surface area contributed by atoms with Gasteiger partial charge in [-0.1, -0.05) is 31.5 Å². The summed E-state index contributed by atoms with van der Waals surface area (Å²) in [4.78, 5) is 26.4. The average molecular weight is 401 g/mol. The zero-order valence-electron chi connectivity index (χ0n) is 16.4. The number of aryl methyl sites for hydroxylation is 1. The molecule has 6 heteroatoms. The third kappa shape index (κ3) is 4.84. The predicted molar refractivity (Wildman–Crippen MR) is 111 cm³/mol. The van der Waals surface area contributed by atoms with Crippen molar-refractivity contribution < 1.29 is 14.3 Å². The van der Waals surface area contributed by atoms with E-state index in [1.54, 1.807) is 18.2 Å². The minimum atomic E-state index is -0.238. The minimum Gasteiger partial charge on any atom is -0.484 e. The fraction of sp³-hybridized carbons (Fsp3) is 0.364. The minimum absolute atomic E-state index is 0.0157. The van der Waals surface area contributed by atoms with Crippen LogP contribution in [0.4, 0.5) is 5.69 Å². The molecular formula is C22H25ClN2O3. The second-order valence-electron chi connectivity index (χ2n) is 7.40. The van der Waals surface area contributed by atoms with E-state index in [1.807, 2.05) is 43.9 Å². The van der Waals surface area contributed by atoms with Crippen LogP contribution < -0.4 is 10.1 Å². The number of nitrogens with zero attached hydrogens (tertiary/aromatic N) is 1. The van der Waals surface area contributed by atoms with Crippen LogP contribution >= 0.6 is 11.6 Å². The number of amides is 2. The maximum Gasteiger partial charge on any atom is 0.262 e. The van der Waals surface area contributed by atoms with Crippen molar-refractivity contribution in [3.63, 3.8) is 0 Å². The van der Waals surface area contributed by atoms with Crippen molar-refractivity contribution in [2.75, 3.05) is 18.5 Å². The van der Waals surface area contributed by atoms with Gasteiger partial charge in [0, 0.05) is 29.7 Å². The molecule has 2 aromatic carbocycles.